The number of nitrogens with zero attached hydrogens (tertiary/aromatic N) is 2. The van der Waals surface area contributed by atoms with Gasteiger partial charge in [0.05, 0.1) is 12.7 Å². The number of rotatable bonds is 3. The Hall–Kier alpha value is -3.34. The Kier molecular flexibility index (Phi) is 4.98. The predicted molar refractivity (Wildman–Crippen MR) is 109 cm³/mol. The van der Waals surface area contributed by atoms with Gasteiger partial charge in [-0.15, -0.1) is 0 Å². The summed E-state index contributed by atoms with van der Waals surface area (Å²) in [5, 5.41) is 2.01. The molecule has 0 spiro atoms. The predicted octanol–water partition coefficient (Wildman–Crippen LogP) is 3.45. The van der Waals surface area contributed by atoms with E-state index in [1.54, 1.807) is 24.1 Å². The maximum absolute atomic E-state index is 13.1. The van der Waals surface area contributed by atoms with Crippen LogP contribution in [0.15, 0.2) is 66.7 Å². The molecular weight excluding hydrogens is 352 g/mol. The first-order valence-electron chi connectivity index (χ1n) is 9.38. The van der Waals surface area contributed by atoms with Gasteiger partial charge in [0.2, 0.25) is 0 Å². The number of para-hydroxylation sites is 1. The maximum Gasteiger partial charge on any atom is 0.257 e. The highest BCUT2D eigenvalue weighted by Gasteiger charge is 2.27. The third-order valence-corrected chi connectivity index (χ3v) is 5.21. The van der Waals surface area contributed by atoms with E-state index in [0.717, 1.165) is 10.8 Å². The van der Waals surface area contributed by atoms with Crippen LogP contribution in [0.1, 0.15) is 20.7 Å². The number of methoxy groups -OCH3 is 1. The summed E-state index contributed by atoms with van der Waals surface area (Å²) in [6, 6.07) is 20.9. The second kappa shape index (κ2) is 7.72. The highest BCUT2D eigenvalue weighted by Crippen LogP contribution is 2.22. The van der Waals surface area contributed by atoms with Crippen molar-refractivity contribution in [2.75, 3.05) is 33.3 Å². The zero-order valence-corrected chi connectivity index (χ0v) is 15.8. The van der Waals surface area contributed by atoms with Crippen LogP contribution in [0.25, 0.3) is 10.8 Å². The first-order chi connectivity index (χ1) is 13.7. The lowest BCUT2D eigenvalue weighted by Gasteiger charge is -2.35. The normalized spacial score (nSPS) is 14.2. The van der Waals surface area contributed by atoms with Crippen LogP contribution >= 0.6 is 0 Å². The van der Waals surface area contributed by atoms with Gasteiger partial charge in [0.1, 0.15) is 5.75 Å². The number of ether oxygens (including phenoxy) is 1. The Morgan fingerprint density at radius 2 is 1.25 bits per heavy atom. The van der Waals surface area contributed by atoms with Crippen molar-refractivity contribution in [2.24, 2.45) is 0 Å². The molecule has 0 aliphatic carbocycles. The van der Waals surface area contributed by atoms with Crippen LogP contribution < -0.4 is 4.74 Å². The van der Waals surface area contributed by atoms with Crippen molar-refractivity contribution in [3.63, 3.8) is 0 Å². The van der Waals surface area contributed by atoms with Crippen LogP contribution in [0, 0.1) is 0 Å². The van der Waals surface area contributed by atoms with Gasteiger partial charge >= 0.3 is 0 Å². The number of amides is 2. The van der Waals surface area contributed by atoms with E-state index in [9.17, 15) is 9.59 Å². The number of hydrogen-bond acceptors (Lipinski definition) is 3. The van der Waals surface area contributed by atoms with Gasteiger partial charge in [-0.3, -0.25) is 9.59 Å². The molecule has 1 aliphatic rings. The monoisotopic (exact) mass is 374 g/mol. The smallest absolute Gasteiger partial charge is 0.257 e. The van der Waals surface area contributed by atoms with Gasteiger partial charge in [-0.05, 0) is 29.0 Å². The molecule has 1 heterocycles. The summed E-state index contributed by atoms with van der Waals surface area (Å²) < 4.78 is 5.30. The Balaban J connectivity index is 1.48. The zero-order valence-electron chi connectivity index (χ0n) is 15.8. The van der Waals surface area contributed by atoms with Crippen molar-refractivity contribution in [3.8, 4) is 5.75 Å². The van der Waals surface area contributed by atoms with Gasteiger partial charge in [-0.25, -0.2) is 0 Å². The van der Waals surface area contributed by atoms with E-state index < -0.39 is 0 Å². The minimum Gasteiger partial charge on any atom is -0.496 e. The fourth-order valence-electron chi connectivity index (χ4n) is 3.69. The number of fused-ring (bicyclic) bond motifs is 1. The van der Waals surface area contributed by atoms with Crippen molar-refractivity contribution in [3.05, 3.63) is 77.9 Å². The standard InChI is InChI=1S/C23H22N2O3/c1-28-21-12-5-4-10-20(21)23(27)25-15-13-24(14-16-25)22(26)19-11-6-8-17-7-2-3-9-18(17)19/h2-12H,13-16H2,1H3. The van der Waals surface area contributed by atoms with E-state index in [2.05, 4.69) is 0 Å². The van der Waals surface area contributed by atoms with E-state index >= 15 is 0 Å². The molecule has 142 valence electrons. The molecule has 0 saturated carbocycles. The van der Waals surface area contributed by atoms with Crippen LogP contribution in [0.3, 0.4) is 0 Å². The molecule has 3 aromatic rings. The molecule has 0 radical (unpaired) electrons. The lowest BCUT2D eigenvalue weighted by molar-refractivity contribution is 0.0534. The summed E-state index contributed by atoms with van der Waals surface area (Å²) in [5.41, 5.74) is 1.27. The third-order valence-electron chi connectivity index (χ3n) is 5.21. The molecule has 2 amide bonds. The summed E-state index contributed by atoms with van der Waals surface area (Å²) in [4.78, 5) is 29.5. The minimum absolute atomic E-state index is 0.0150. The highest BCUT2D eigenvalue weighted by atomic mass is 16.5. The zero-order chi connectivity index (χ0) is 19.5. The second-order valence-electron chi connectivity index (χ2n) is 6.81. The molecule has 0 atom stereocenters. The SMILES string of the molecule is COc1ccccc1C(=O)N1CCN(C(=O)c2cccc3ccccc23)CC1. The first-order valence-corrected chi connectivity index (χ1v) is 9.38. The Morgan fingerprint density at radius 3 is 1.96 bits per heavy atom. The number of carbonyl (C=O) groups excluding carboxylic acids is 2. The van der Waals surface area contributed by atoms with E-state index in [0.29, 0.717) is 43.1 Å². The number of benzene rings is 3. The summed E-state index contributed by atoms with van der Waals surface area (Å²) in [7, 11) is 1.56. The molecule has 1 aliphatic heterocycles. The maximum atomic E-state index is 13.1. The minimum atomic E-state index is -0.0605. The molecule has 0 N–H and O–H groups in total. The second-order valence-corrected chi connectivity index (χ2v) is 6.81. The van der Waals surface area contributed by atoms with Crippen LogP contribution in [0.5, 0.6) is 5.75 Å². The fraction of sp³-hybridized carbons (Fsp3) is 0.217. The molecular formula is C23H22N2O3. The Bertz CT molecular complexity index is 1020. The van der Waals surface area contributed by atoms with Gasteiger partial charge in [0.25, 0.3) is 11.8 Å². The van der Waals surface area contributed by atoms with Gasteiger partial charge in [-0.1, -0.05) is 48.5 Å². The average Bonchev–Trinajstić information content (AvgIpc) is 2.77. The molecule has 5 nitrogen and oxygen atoms in total. The van der Waals surface area contributed by atoms with Crippen molar-refractivity contribution >= 4 is 22.6 Å². The van der Waals surface area contributed by atoms with Crippen LogP contribution in [-0.4, -0.2) is 54.9 Å². The number of carbonyl (C=O) groups is 2. The van der Waals surface area contributed by atoms with Crippen LogP contribution in [0.4, 0.5) is 0 Å². The number of hydrogen-bond donors (Lipinski definition) is 0. The van der Waals surface area contributed by atoms with Gasteiger partial charge in [0, 0.05) is 31.7 Å². The highest BCUT2D eigenvalue weighted by molar-refractivity contribution is 6.07. The van der Waals surface area contributed by atoms with E-state index in [1.165, 1.54) is 0 Å². The quantitative estimate of drug-likeness (QED) is 0.706. The topological polar surface area (TPSA) is 49.9 Å². The molecule has 5 heteroatoms. The Labute approximate surface area is 164 Å². The van der Waals surface area contributed by atoms with Crippen molar-refractivity contribution in [1.29, 1.82) is 0 Å². The van der Waals surface area contributed by atoms with E-state index in [-0.39, 0.29) is 11.8 Å². The first kappa shape index (κ1) is 18.0. The number of piperazine rings is 1. The van der Waals surface area contributed by atoms with Crippen molar-refractivity contribution in [1.82, 2.24) is 9.80 Å². The molecule has 0 bridgehead atoms. The van der Waals surface area contributed by atoms with Crippen molar-refractivity contribution in [2.45, 2.75) is 0 Å². The Morgan fingerprint density at radius 1 is 0.714 bits per heavy atom. The fourth-order valence-corrected chi connectivity index (χ4v) is 3.69. The summed E-state index contributed by atoms with van der Waals surface area (Å²) in [5.74, 6) is 0.526. The largest absolute Gasteiger partial charge is 0.496 e. The van der Waals surface area contributed by atoms with Crippen LogP contribution in [-0.2, 0) is 0 Å². The molecule has 3 aromatic carbocycles. The van der Waals surface area contributed by atoms with Crippen LogP contribution in [0.2, 0.25) is 0 Å². The van der Waals surface area contributed by atoms with Gasteiger partial charge < -0.3 is 14.5 Å². The molecule has 4 rings (SSSR count). The molecule has 0 unspecified atom stereocenters. The molecule has 0 aromatic heterocycles. The van der Waals surface area contributed by atoms with E-state index in [4.69, 9.17) is 4.74 Å². The third kappa shape index (κ3) is 3.31. The summed E-state index contributed by atoms with van der Waals surface area (Å²) >= 11 is 0. The summed E-state index contributed by atoms with van der Waals surface area (Å²) in [6.07, 6.45) is 0. The molecule has 28 heavy (non-hydrogen) atoms. The van der Waals surface area contributed by atoms with E-state index in [1.807, 2.05) is 59.5 Å². The average molecular weight is 374 g/mol. The molecule has 1 saturated heterocycles. The van der Waals surface area contributed by atoms with Gasteiger partial charge in [0.15, 0.2) is 0 Å². The van der Waals surface area contributed by atoms with Gasteiger partial charge in [-0.2, -0.15) is 0 Å². The lowest BCUT2D eigenvalue weighted by Crippen LogP contribution is -2.50. The lowest BCUT2D eigenvalue weighted by atomic mass is 10.0. The van der Waals surface area contributed by atoms with Crippen molar-refractivity contribution < 1.29 is 14.3 Å². The molecule has 1 fully saturated rings. The summed E-state index contributed by atoms with van der Waals surface area (Å²) in [6.45, 7) is 2.05.